The summed E-state index contributed by atoms with van der Waals surface area (Å²) < 4.78 is 149. The van der Waals surface area contributed by atoms with E-state index in [9.17, 15) is 61.3 Å². The molecule has 0 aliphatic carbocycles. The van der Waals surface area contributed by atoms with Crippen LogP contribution in [0, 0.1) is 0 Å². The SMILES string of the molecule is CC1(C)OC2[C@H](OC(CN=[N+]=[N-])[C@@H]3OC(C)(C)O[C@H]23)O1.CO[C@@H]1C2OC(C)(C)O[C@H]2OC(Cn2cc(CN(Cc3cn(CC4O[C@@H]5OC(C)(C)OC5[C@H]5OC(C)(C)O[C@@H]45)nn3)Cc3cn(CC4O[C@@H]5OC(C)(C)OC5[C@H]5OC(C)(C)O[C@@H]45)nn3)nn2)[C@@H]1OC(C)C.OC1OC(Cn2cc(CN(Cc3cn(CC4OC(O)C(O)[C@@H](O)[C@H]4O)nn3)Cc3cn(CC4OC(O)C(O)[C@@H](O)[C@H]4O)nn3)nn2)[C@H](O)[C@H](O)C1O. The van der Waals surface area contributed by atoms with E-state index in [4.69, 9.17) is 114 Å². The lowest BCUT2D eigenvalue weighted by Gasteiger charge is -2.42. The van der Waals surface area contributed by atoms with Crippen LogP contribution in [-0.4, -0.2) is 436 Å². The maximum absolute atomic E-state index is 10.3. The number of aliphatic hydroxyl groups is 12. The average molecular weight is 2040 g/mol. The lowest BCUT2D eigenvalue weighted by Crippen LogP contribution is -2.59. The Hall–Kier alpha value is -7.33. The van der Waals surface area contributed by atoms with Gasteiger partial charge in [0.15, 0.2) is 84.5 Å². The molecule has 14 fully saturated rings. The number of azide groups is 1. The molecule has 6 aromatic heterocycles. The Kier molecular flexibility index (Phi) is 30.7. The highest BCUT2D eigenvalue weighted by Gasteiger charge is 2.65. The van der Waals surface area contributed by atoms with Gasteiger partial charge in [-0.3, -0.25) is 9.80 Å². The first-order chi connectivity index (χ1) is 67.4. The van der Waals surface area contributed by atoms with Gasteiger partial charge in [0.2, 0.25) is 0 Å². The van der Waals surface area contributed by atoms with Crippen LogP contribution in [0.25, 0.3) is 10.4 Å². The first-order valence-electron chi connectivity index (χ1n) is 47.7. The number of rotatable bonds is 29. The summed E-state index contributed by atoms with van der Waals surface area (Å²) in [6.07, 6.45) is -22.1. The monoisotopic (exact) mass is 2030 g/mol. The van der Waals surface area contributed by atoms with Gasteiger partial charge in [-0.1, -0.05) is 36.4 Å². The van der Waals surface area contributed by atoms with E-state index in [1.54, 1.807) is 26.1 Å². The van der Waals surface area contributed by atoms with Crippen LogP contribution in [-0.2, 0) is 187 Å². The van der Waals surface area contributed by atoms with Crippen LogP contribution in [0.4, 0.5) is 0 Å². The minimum atomic E-state index is -1.73. The molecule has 0 radical (unpaired) electrons. The maximum atomic E-state index is 10.3. The quantitative estimate of drug-likeness (QED) is 0.0119. The third-order valence-corrected chi connectivity index (χ3v) is 26.3. The first-order valence-corrected chi connectivity index (χ1v) is 47.7. The highest BCUT2D eigenvalue weighted by molar-refractivity contribution is 5.09. The Morgan fingerprint density at radius 2 is 0.545 bits per heavy atom. The largest absolute Gasteiger partial charge is 0.388 e. The van der Waals surface area contributed by atoms with Crippen LogP contribution in [0.15, 0.2) is 42.3 Å². The van der Waals surface area contributed by atoms with Crippen LogP contribution in [0.3, 0.4) is 0 Å². The third kappa shape index (κ3) is 23.9. The summed E-state index contributed by atoms with van der Waals surface area (Å²) in [5.74, 6) is -5.64. The molecule has 58 heteroatoms. The fraction of sp³-hybridized carbons (Fsp3) is 0.859. The van der Waals surface area contributed by atoms with E-state index in [-0.39, 0.29) is 70.2 Å². The minimum absolute atomic E-state index is 0.105. The molecule has 14 aliphatic rings. The summed E-state index contributed by atoms with van der Waals surface area (Å²) in [4.78, 5) is 6.72. The number of fused-ring (bicyclic) bond motifs is 10. The molecule has 14 aliphatic heterocycles. The number of aromatic nitrogens is 18. The van der Waals surface area contributed by atoms with Gasteiger partial charge in [-0.2, -0.15) is 0 Å². The summed E-state index contributed by atoms with van der Waals surface area (Å²) in [7, 11) is 1.65. The van der Waals surface area contributed by atoms with Gasteiger partial charge in [-0.05, 0) is 116 Å². The molecule has 12 N–H and O–H groups in total. The molecular formula is C85H131N23O35. The number of aliphatic hydroxyl groups excluding tert-OH is 12. The molecule has 6 aromatic rings. The van der Waals surface area contributed by atoms with Crippen molar-refractivity contribution in [2.75, 3.05) is 13.7 Å². The van der Waals surface area contributed by atoms with E-state index in [1.165, 1.54) is 32.6 Å². The van der Waals surface area contributed by atoms with Gasteiger partial charge in [0, 0.05) is 88.5 Å². The van der Waals surface area contributed by atoms with Gasteiger partial charge in [0.05, 0.1) is 92.2 Å². The van der Waals surface area contributed by atoms with E-state index in [0.717, 1.165) is 0 Å². The van der Waals surface area contributed by atoms with Crippen LogP contribution in [0.1, 0.15) is 145 Å². The molecule has 0 saturated carbocycles. The summed E-state index contributed by atoms with van der Waals surface area (Å²) in [6.45, 7) is 32.2. The molecule has 58 nitrogen and oxygen atoms in total. The number of hydrogen-bond donors (Lipinski definition) is 12. The molecule has 0 spiro atoms. The van der Waals surface area contributed by atoms with E-state index in [0.29, 0.717) is 73.4 Å². The zero-order valence-corrected chi connectivity index (χ0v) is 82.0. The van der Waals surface area contributed by atoms with Crippen molar-refractivity contribution in [3.63, 3.8) is 0 Å². The van der Waals surface area contributed by atoms with E-state index >= 15 is 0 Å². The normalized spacial score (nSPS) is 39.7. The van der Waals surface area contributed by atoms with Crippen molar-refractivity contribution in [3.05, 3.63) is 81.8 Å². The topological polar surface area (TPSA) is 695 Å². The van der Waals surface area contributed by atoms with Gasteiger partial charge in [-0.25, -0.2) is 28.1 Å². The average Bonchev–Trinajstić information content (AvgIpc) is 1.59. The number of methoxy groups -OCH3 is 1. The Balaban J connectivity index is 0.000000163. The Morgan fingerprint density at radius 3 is 0.832 bits per heavy atom. The predicted octanol–water partition coefficient (Wildman–Crippen LogP) is -5.10. The molecular weight excluding hydrogens is 1900 g/mol. The number of ether oxygens (including phenoxy) is 23. The highest BCUT2D eigenvalue weighted by Crippen LogP contribution is 2.49. The molecule has 20 rings (SSSR count). The smallest absolute Gasteiger partial charge is 0.190 e. The van der Waals surface area contributed by atoms with E-state index in [1.807, 2.05) is 129 Å². The van der Waals surface area contributed by atoms with Crippen LogP contribution in [0.2, 0.25) is 0 Å². The lowest BCUT2D eigenvalue weighted by molar-refractivity contribution is -0.284. The standard InChI is InChI=1S/C46H70N10O15.C27H42N10O15.C12H19N3O5/c1-23(2)58-30-27(59-39-36(33(30)57-13)66-44(7,8)69-39)20-54-17-24(47-50-54)14-53(15-25-18-55(51-48-25)21-28-31-34(64-42(3,4)62-31)37-40(60-28)70-45(9,10)67-37)16-26-19-56(52-49-26)22-29-32-35(65-43(5,6)63-32)38-41(61-29)71-46(11,12)68-38;38-16-13(50-25(47)22(44)19(16)41)7-35-4-10(28-31-35)1-34(2-11-5-36(32-29-11)8-14-17(39)20(42)23(45)26(48)51-14)3-12-6-37(33-30-12)9-15-18(40)21(43)24(46)27(49)52-15;1-11(2)17-7-6(5-14-15-13)16-10-9(8(7)18-11)19-12(3,4)20-10/h17-19,23,27-41H,14-16,20-22H2,1-13H3;4-6,13-27,38-49H,1-3,7-9H2;6-10H,5H2,1-4H3/t27?,28?,29?,30-,31-,32-,33-,34-,35-,36?,37?,38?,39+,40+,41+;13?,14?,15?,16-,17-,18-,19-,20-,21-,22?,23?,24?,25?,26?,27?;6?,7-,8-,9?,10+/m000/s1. The zero-order valence-electron chi connectivity index (χ0n) is 82.0. The molecule has 143 heavy (non-hydrogen) atoms. The predicted molar refractivity (Wildman–Crippen MR) is 464 cm³/mol. The molecule has 35 atom stereocenters. The van der Waals surface area contributed by atoms with Gasteiger partial charge < -0.3 is 170 Å². The highest BCUT2D eigenvalue weighted by atomic mass is 16.9. The summed E-state index contributed by atoms with van der Waals surface area (Å²) in [6, 6.07) is 0. The molecule has 0 bridgehead atoms. The van der Waals surface area contributed by atoms with E-state index < -0.39 is 237 Å². The van der Waals surface area contributed by atoms with Crippen LogP contribution >= 0.6 is 0 Å². The van der Waals surface area contributed by atoms with Crippen LogP contribution in [0.5, 0.6) is 0 Å². The number of hydrogen-bond acceptors (Lipinski definition) is 50. The summed E-state index contributed by atoms with van der Waals surface area (Å²) in [5.41, 5.74) is 11.8. The van der Waals surface area contributed by atoms with Gasteiger partial charge in [0.1, 0.15) is 165 Å². The van der Waals surface area contributed by atoms with Gasteiger partial charge in [-0.15, -0.1) is 30.6 Å². The first kappa shape index (κ1) is 106. The summed E-state index contributed by atoms with van der Waals surface area (Å²) in [5, 5.41) is 176. The van der Waals surface area contributed by atoms with Gasteiger partial charge in [0.25, 0.3) is 0 Å². The molecule has 0 amide bonds. The Bertz CT molecular complexity index is 5010. The zero-order chi connectivity index (χ0) is 102. The van der Waals surface area contributed by atoms with Crippen molar-refractivity contribution in [3.8, 4) is 0 Å². The van der Waals surface area contributed by atoms with Crippen molar-refractivity contribution in [1.29, 1.82) is 0 Å². The molecule has 796 valence electrons. The molecule has 20 heterocycles. The van der Waals surface area contributed by atoms with E-state index in [2.05, 4.69) is 76.8 Å². The van der Waals surface area contributed by atoms with Crippen molar-refractivity contribution >= 4 is 0 Å². The second-order valence-electron chi connectivity index (χ2n) is 41.5. The fourth-order valence-corrected chi connectivity index (χ4v) is 20.3. The molecule has 0 aromatic carbocycles. The minimum Gasteiger partial charge on any atom is -0.388 e. The van der Waals surface area contributed by atoms with Crippen molar-refractivity contribution < 1.29 is 170 Å². The lowest BCUT2D eigenvalue weighted by atomic mass is 9.98. The van der Waals surface area contributed by atoms with Crippen LogP contribution < -0.4 is 0 Å². The molecule has 17 unspecified atom stereocenters. The number of nitrogens with zero attached hydrogens (tertiary/aromatic N) is 23. The third-order valence-electron chi connectivity index (χ3n) is 26.3. The second kappa shape index (κ2) is 41.5. The summed E-state index contributed by atoms with van der Waals surface area (Å²) >= 11 is 0. The fourth-order valence-electron chi connectivity index (χ4n) is 20.3. The maximum Gasteiger partial charge on any atom is 0.190 e. The van der Waals surface area contributed by atoms with Gasteiger partial charge >= 0.3 is 0 Å². The second-order valence-corrected chi connectivity index (χ2v) is 41.5. The van der Waals surface area contributed by atoms with Crippen molar-refractivity contribution in [2.24, 2.45) is 5.11 Å². The Morgan fingerprint density at radius 1 is 0.308 bits per heavy atom. The van der Waals surface area contributed by atoms with Crippen molar-refractivity contribution in [1.82, 2.24) is 99.8 Å². The Labute approximate surface area is 818 Å². The molecule has 14 saturated heterocycles. The van der Waals surface area contributed by atoms with Crippen molar-refractivity contribution in [2.45, 2.75) is 451 Å².